The Morgan fingerprint density at radius 2 is 2.21 bits per heavy atom. The summed E-state index contributed by atoms with van der Waals surface area (Å²) < 4.78 is 9.77. The fourth-order valence-corrected chi connectivity index (χ4v) is 2.46. The van der Waals surface area contributed by atoms with Gasteiger partial charge in [0.15, 0.2) is 11.5 Å². The molecule has 3 aromatic rings. The van der Waals surface area contributed by atoms with E-state index in [9.17, 15) is 0 Å². The number of aromatic nitrogens is 3. The molecule has 2 heterocycles. The molecule has 0 aliphatic heterocycles. The number of hydrogen-bond acceptors (Lipinski definition) is 7. The highest BCUT2D eigenvalue weighted by atomic mass is 32.1. The molecule has 3 rings (SSSR count). The van der Waals surface area contributed by atoms with Gasteiger partial charge in [0.2, 0.25) is 0 Å². The van der Waals surface area contributed by atoms with Gasteiger partial charge in [-0.05, 0) is 22.4 Å². The number of hydrogen-bond donors (Lipinski definition) is 1. The van der Waals surface area contributed by atoms with E-state index in [-0.39, 0.29) is 5.82 Å². The summed E-state index contributed by atoms with van der Waals surface area (Å²) in [7, 11) is 1.63. The number of rotatable bonds is 3. The Kier molecular flexibility index (Phi) is 2.88. The Morgan fingerprint density at radius 3 is 2.95 bits per heavy atom. The maximum atomic E-state index is 5.65. The Hall–Kier alpha value is -2.41. The van der Waals surface area contributed by atoms with E-state index in [1.54, 1.807) is 7.11 Å². The predicted molar refractivity (Wildman–Crippen MR) is 71.8 cm³/mol. The molecule has 6 nitrogen and oxygen atoms in total. The highest BCUT2D eigenvalue weighted by Crippen LogP contribution is 2.31. The van der Waals surface area contributed by atoms with Crippen LogP contribution in [0.25, 0.3) is 22.0 Å². The lowest BCUT2D eigenvalue weighted by Crippen LogP contribution is -1.88. The summed E-state index contributed by atoms with van der Waals surface area (Å²) in [5.41, 5.74) is 7.92. The average Bonchev–Trinajstić information content (AvgIpc) is 3.07. The monoisotopic (exact) mass is 274 g/mol. The summed E-state index contributed by atoms with van der Waals surface area (Å²) in [4.78, 5) is 4.48. The van der Waals surface area contributed by atoms with Gasteiger partial charge in [0.1, 0.15) is 10.8 Å². The number of nitrogen functional groups attached to an aromatic ring is 1. The summed E-state index contributed by atoms with van der Waals surface area (Å²) in [6, 6.07) is 7.69. The van der Waals surface area contributed by atoms with E-state index >= 15 is 0 Å². The first kappa shape index (κ1) is 11.7. The molecule has 0 amide bonds. The Bertz CT molecular complexity index is 707. The standard InChI is InChI=1S/C12H10N4O2S/c1-17-8-4-2-3-7(5-8)9-6-19-12(14-9)10-11(13)16-18-15-10/h2-6H,1H3,(H2,13,16). The lowest BCUT2D eigenvalue weighted by molar-refractivity contribution is 0.310. The fraction of sp³-hybridized carbons (Fsp3) is 0.0833. The van der Waals surface area contributed by atoms with Crippen molar-refractivity contribution in [1.82, 2.24) is 15.3 Å². The maximum absolute atomic E-state index is 5.65. The maximum Gasteiger partial charge on any atom is 0.198 e. The first-order chi connectivity index (χ1) is 9.28. The van der Waals surface area contributed by atoms with E-state index in [1.807, 2.05) is 29.6 Å². The van der Waals surface area contributed by atoms with Crippen molar-refractivity contribution in [2.75, 3.05) is 12.8 Å². The molecule has 96 valence electrons. The van der Waals surface area contributed by atoms with Crippen LogP contribution in [0.4, 0.5) is 5.82 Å². The molecular weight excluding hydrogens is 264 g/mol. The molecule has 7 heteroatoms. The van der Waals surface area contributed by atoms with Crippen molar-refractivity contribution in [2.45, 2.75) is 0 Å². The molecule has 0 aliphatic carbocycles. The van der Waals surface area contributed by atoms with E-state index < -0.39 is 0 Å². The smallest absolute Gasteiger partial charge is 0.198 e. The highest BCUT2D eigenvalue weighted by Gasteiger charge is 2.14. The van der Waals surface area contributed by atoms with Gasteiger partial charge < -0.3 is 10.5 Å². The number of thiazole rings is 1. The minimum Gasteiger partial charge on any atom is -0.497 e. The van der Waals surface area contributed by atoms with Crippen molar-refractivity contribution in [1.29, 1.82) is 0 Å². The lowest BCUT2D eigenvalue weighted by atomic mass is 10.2. The molecule has 19 heavy (non-hydrogen) atoms. The molecule has 1 aromatic carbocycles. The zero-order valence-electron chi connectivity index (χ0n) is 10.0. The van der Waals surface area contributed by atoms with Gasteiger partial charge in [0.05, 0.1) is 12.8 Å². The third-order valence-corrected chi connectivity index (χ3v) is 3.44. The fourth-order valence-electron chi connectivity index (χ4n) is 1.64. The molecule has 0 saturated heterocycles. The van der Waals surface area contributed by atoms with Crippen LogP contribution in [0.2, 0.25) is 0 Å². The van der Waals surface area contributed by atoms with E-state index in [4.69, 9.17) is 10.5 Å². The van der Waals surface area contributed by atoms with Crippen molar-refractivity contribution in [2.24, 2.45) is 0 Å². The summed E-state index contributed by atoms with van der Waals surface area (Å²) in [5, 5.41) is 9.89. The topological polar surface area (TPSA) is 87.1 Å². The molecule has 2 N–H and O–H groups in total. The molecule has 0 atom stereocenters. The van der Waals surface area contributed by atoms with Gasteiger partial charge in [-0.1, -0.05) is 12.1 Å². The summed E-state index contributed by atoms with van der Waals surface area (Å²) in [6.07, 6.45) is 0. The minimum atomic E-state index is 0.242. The van der Waals surface area contributed by atoms with Gasteiger partial charge in [-0.2, -0.15) is 0 Å². The summed E-state index contributed by atoms with van der Waals surface area (Å²) >= 11 is 1.44. The van der Waals surface area contributed by atoms with Crippen molar-refractivity contribution >= 4 is 17.2 Å². The number of methoxy groups -OCH3 is 1. The third-order valence-electron chi connectivity index (χ3n) is 2.59. The molecule has 0 fully saturated rings. The Labute approximate surface area is 112 Å². The average molecular weight is 274 g/mol. The van der Waals surface area contributed by atoms with Gasteiger partial charge in [-0.3, -0.25) is 0 Å². The Morgan fingerprint density at radius 1 is 1.32 bits per heavy atom. The molecule has 0 bridgehead atoms. The number of nitrogens with zero attached hydrogens (tertiary/aromatic N) is 3. The molecule has 0 radical (unpaired) electrons. The minimum absolute atomic E-state index is 0.242. The first-order valence-corrected chi connectivity index (χ1v) is 6.34. The summed E-state index contributed by atoms with van der Waals surface area (Å²) in [5.74, 6) is 1.03. The molecule has 0 aliphatic rings. The van der Waals surface area contributed by atoms with Crippen LogP contribution < -0.4 is 10.5 Å². The van der Waals surface area contributed by atoms with E-state index in [2.05, 4.69) is 19.9 Å². The second kappa shape index (κ2) is 4.69. The Balaban J connectivity index is 1.99. The first-order valence-electron chi connectivity index (χ1n) is 5.46. The van der Waals surface area contributed by atoms with Crippen LogP contribution in [0, 0.1) is 0 Å². The van der Waals surface area contributed by atoms with Crippen LogP contribution in [-0.4, -0.2) is 22.4 Å². The van der Waals surface area contributed by atoms with Crippen molar-refractivity contribution < 1.29 is 9.37 Å². The van der Waals surface area contributed by atoms with Crippen LogP contribution in [0.15, 0.2) is 34.3 Å². The van der Waals surface area contributed by atoms with Crippen LogP contribution in [0.3, 0.4) is 0 Å². The van der Waals surface area contributed by atoms with E-state index in [0.717, 1.165) is 17.0 Å². The quantitative estimate of drug-likeness (QED) is 0.789. The SMILES string of the molecule is COc1cccc(-c2csc(-c3nonc3N)n2)c1. The van der Waals surface area contributed by atoms with E-state index in [0.29, 0.717) is 10.7 Å². The van der Waals surface area contributed by atoms with Crippen molar-refractivity contribution in [3.8, 4) is 27.7 Å². The molecule has 2 aromatic heterocycles. The largest absolute Gasteiger partial charge is 0.497 e. The summed E-state index contributed by atoms with van der Waals surface area (Å²) in [6.45, 7) is 0. The molecule has 0 saturated carbocycles. The van der Waals surface area contributed by atoms with E-state index in [1.165, 1.54) is 11.3 Å². The molecule has 0 unspecified atom stereocenters. The second-order valence-electron chi connectivity index (χ2n) is 3.77. The molecular formula is C12H10N4O2S. The van der Waals surface area contributed by atoms with Crippen LogP contribution >= 0.6 is 11.3 Å². The van der Waals surface area contributed by atoms with Gasteiger partial charge >= 0.3 is 0 Å². The zero-order chi connectivity index (χ0) is 13.2. The number of ether oxygens (including phenoxy) is 1. The highest BCUT2D eigenvalue weighted by molar-refractivity contribution is 7.13. The van der Waals surface area contributed by atoms with Crippen molar-refractivity contribution in [3.05, 3.63) is 29.6 Å². The van der Waals surface area contributed by atoms with Crippen molar-refractivity contribution in [3.63, 3.8) is 0 Å². The van der Waals surface area contributed by atoms with Crippen LogP contribution in [0.5, 0.6) is 5.75 Å². The predicted octanol–water partition coefficient (Wildman–Crippen LogP) is 2.45. The van der Waals surface area contributed by atoms with Crippen LogP contribution in [0.1, 0.15) is 0 Å². The van der Waals surface area contributed by atoms with Gasteiger partial charge in [0.25, 0.3) is 0 Å². The normalized spacial score (nSPS) is 10.6. The van der Waals surface area contributed by atoms with Gasteiger partial charge in [0, 0.05) is 10.9 Å². The third kappa shape index (κ3) is 2.15. The lowest BCUT2D eigenvalue weighted by Gasteiger charge is -2.01. The van der Waals surface area contributed by atoms with Gasteiger partial charge in [-0.25, -0.2) is 9.61 Å². The number of anilines is 1. The number of benzene rings is 1. The number of nitrogens with two attached hydrogens (primary N) is 1. The van der Waals surface area contributed by atoms with Gasteiger partial charge in [-0.15, -0.1) is 11.3 Å². The zero-order valence-corrected chi connectivity index (χ0v) is 10.8. The van der Waals surface area contributed by atoms with Crippen LogP contribution in [-0.2, 0) is 0 Å². The second-order valence-corrected chi connectivity index (χ2v) is 4.63. The molecule has 0 spiro atoms.